The average molecular weight is 304 g/mol. The summed E-state index contributed by atoms with van der Waals surface area (Å²) in [5.74, 6) is 0.155. The number of rotatable bonds is 6. The van der Waals surface area contributed by atoms with Gasteiger partial charge in [0.25, 0.3) is 0 Å². The Kier molecular flexibility index (Phi) is 4.25. The second-order valence-corrected chi connectivity index (χ2v) is 5.88. The van der Waals surface area contributed by atoms with Gasteiger partial charge < -0.3 is 5.32 Å². The highest BCUT2D eigenvalue weighted by atomic mass is 35.5. The molecule has 3 rings (SSSR count). The Bertz CT molecular complexity index is 617. The standard InChI is InChI=1S/C16H18ClN3O/c17-14-5-3-12(4-6-14)13-10-18-20(11-13)9-1-2-16(21)19-15-7-8-15/h3-6,10-11,15H,1-2,7-9H2,(H,19,21). The summed E-state index contributed by atoms with van der Waals surface area (Å²) in [6.07, 6.45) is 7.48. The summed E-state index contributed by atoms with van der Waals surface area (Å²) >= 11 is 5.88. The smallest absolute Gasteiger partial charge is 0.220 e. The molecule has 4 nitrogen and oxygen atoms in total. The van der Waals surface area contributed by atoms with E-state index in [-0.39, 0.29) is 5.91 Å². The van der Waals surface area contributed by atoms with E-state index < -0.39 is 0 Å². The summed E-state index contributed by atoms with van der Waals surface area (Å²) in [6, 6.07) is 8.14. The Balaban J connectivity index is 1.50. The van der Waals surface area contributed by atoms with Crippen LogP contribution in [0.4, 0.5) is 0 Å². The van der Waals surface area contributed by atoms with E-state index in [0.717, 1.165) is 42.0 Å². The second-order valence-electron chi connectivity index (χ2n) is 5.44. The molecule has 1 N–H and O–H groups in total. The van der Waals surface area contributed by atoms with E-state index in [0.29, 0.717) is 12.5 Å². The monoisotopic (exact) mass is 303 g/mol. The maximum Gasteiger partial charge on any atom is 0.220 e. The van der Waals surface area contributed by atoms with E-state index in [1.165, 1.54) is 0 Å². The number of carbonyl (C=O) groups is 1. The number of hydrogen-bond acceptors (Lipinski definition) is 2. The number of amides is 1. The molecule has 0 unspecified atom stereocenters. The zero-order valence-electron chi connectivity index (χ0n) is 11.8. The highest BCUT2D eigenvalue weighted by Crippen LogP contribution is 2.21. The number of aromatic nitrogens is 2. The van der Waals surface area contributed by atoms with Crippen LogP contribution in [0.2, 0.25) is 5.02 Å². The number of hydrogen-bond donors (Lipinski definition) is 1. The summed E-state index contributed by atoms with van der Waals surface area (Å²) in [6.45, 7) is 0.756. The van der Waals surface area contributed by atoms with Gasteiger partial charge in [-0.15, -0.1) is 0 Å². The number of halogens is 1. The second kappa shape index (κ2) is 6.31. The first-order valence-corrected chi connectivity index (χ1v) is 7.66. The average Bonchev–Trinajstić information content (AvgIpc) is 3.15. The van der Waals surface area contributed by atoms with Crippen LogP contribution in [0.3, 0.4) is 0 Å². The molecule has 0 saturated heterocycles. The number of aryl methyl sites for hydroxylation is 1. The molecule has 5 heteroatoms. The Morgan fingerprint density at radius 2 is 2.05 bits per heavy atom. The van der Waals surface area contributed by atoms with Gasteiger partial charge in [-0.05, 0) is 37.0 Å². The molecule has 1 fully saturated rings. The van der Waals surface area contributed by atoms with Gasteiger partial charge in [-0.3, -0.25) is 9.48 Å². The lowest BCUT2D eigenvalue weighted by Gasteiger charge is -2.03. The third kappa shape index (κ3) is 4.08. The fourth-order valence-electron chi connectivity index (χ4n) is 2.21. The summed E-state index contributed by atoms with van der Waals surface area (Å²) in [5.41, 5.74) is 2.16. The number of nitrogens with zero attached hydrogens (tertiary/aromatic N) is 2. The summed E-state index contributed by atoms with van der Waals surface area (Å²) in [7, 11) is 0. The molecule has 110 valence electrons. The third-order valence-electron chi connectivity index (χ3n) is 3.54. The maximum atomic E-state index is 11.6. The quantitative estimate of drug-likeness (QED) is 0.890. The predicted octanol–water partition coefficient (Wildman–Crippen LogP) is 3.26. The number of benzene rings is 1. The van der Waals surface area contributed by atoms with Crippen molar-refractivity contribution in [3.05, 3.63) is 41.7 Å². The van der Waals surface area contributed by atoms with Gasteiger partial charge in [0.2, 0.25) is 5.91 Å². The zero-order chi connectivity index (χ0) is 14.7. The van der Waals surface area contributed by atoms with Gasteiger partial charge in [0.05, 0.1) is 6.20 Å². The minimum absolute atomic E-state index is 0.155. The van der Waals surface area contributed by atoms with Gasteiger partial charge in [0, 0.05) is 35.8 Å². The molecule has 2 aromatic rings. The Morgan fingerprint density at radius 1 is 1.29 bits per heavy atom. The molecular formula is C16H18ClN3O. The molecule has 1 aromatic carbocycles. The maximum absolute atomic E-state index is 11.6. The van der Waals surface area contributed by atoms with E-state index in [1.807, 2.05) is 41.3 Å². The van der Waals surface area contributed by atoms with Crippen LogP contribution in [-0.4, -0.2) is 21.7 Å². The number of carbonyl (C=O) groups excluding carboxylic acids is 1. The highest BCUT2D eigenvalue weighted by Gasteiger charge is 2.22. The van der Waals surface area contributed by atoms with E-state index in [1.54, 1.807) is 0 Å². The van der Waals surface area contributed by atoms with Crippen LogP contribution in [0, 0.1) is 0 Å². The van der Waals surface area contributed by atoms with Crippen molar-refractivity contribution in [3.8, 4) is 11.1 Å². The molecule has 0 radical (unpaired) electrons. The third-order valence-corrected chi connectivity index (χ3v) is 3.80. The SMILES string of the molecule is O=C(CCCn1cc(-c2ccc(Cl)cc2)cn1)NC1CC1. The van der Waals surface area contributed by atoms with Gasteiger partial charge in [-0.2, -0.15) is 5.10 Å². The van der Waals surface area contributed by atoms with Crippen LogP contribution in [0.1, 0.15) is 25.7 Å². The van der Waals surface area contributed by atoms with Gasteiger partial charge >= 0.3 is 0 Å². The Morgan fingerprint density at radius 3 is 2.76 bits per heavy atom. The van der Waals surface area contributed by atoms with Crippen molar-refractivity contribution in [1.29, 1.82) is 0 Å². The van der Waals surface area contributed by atoms with Crippen molar-refractivity contribution in [1.82, 2.24) is 15.1 Å². The van der Waals surface area contributed by atoms with Crippen LogP contribution in [0.25, 0.3) is 11.1 Å². The topological polar surface area (TPSA) is 46.9 Å². The van der Waals surface area contributed by atoms with Crippen molar-refractivity contribution in [3.63, 3.8) is 0 Å². The molecule has 0 bridgehead atoms. The lowest BCUT2D eigenvalue weighted by atomic mass is 10.1. The van der Waals surface area contributed by atoms with Gasteiger partial charge in [-0.1, -0.05) is 23.7 Å². The predicted molar refractivity (Wildman–Crippen MR) is 83.1 cm³/mol. The first kappa shape index (κ1) is 14.1. The van der Waals surface area contributed by atoms with Gasteiger partial charge in [-0.25, -0.2) is 0 Å². The van der Waals surface area contributed by atoms with E-state index in [2.05, 4.69) is 10.4 Å². The normalized spacial score (nSPS) is 14.1. The fourth-order valence-corrected chi connectivity index (χ4v) is 2.33. The van der Waals surface area contributed by atoms with Crippen LogP contribution in [0.5, 0.6) is 0 Å². The van der Waals surface area contributed by atoms with E-state index in [4.69, 9.17) is 11.6 Å². The molecule has 1 amide bonds. The Hall–Kier alpha value is -1.81. The van der Waals surface area contributed by atoms with Crippen LogP contribution in [-0.2, 0) is 11.3 Å². The summed E-state index contributed by atoms with van der Waals surface area (Å²) in [5, 5.41) is 8.06. The molecule has 0 aliphatic heterocycles. The van der Waals surface area contributed by atoms with Crippen LogP contribution >= 0.6 is 11.6 Å². The zero-order valence-corrected chi connectivity index (χ0v) is 12.5. The van der Waals surface area contributed by atoms with E-state index >= 15 is 0 Å². The molecule has 1 heterocycles. The molecule has 1 saturated carbocycles. The van der Waals surface area contributed by atoms with Crippen molar-refractivity contribution < 1.29 is 4.79 Å². The lowest BCUT2D eigenvalue weighted by molar-refractivity contribution is -0.121. The van der Waals surface area contributed by atoms with Crippen molar-refractivity contribution in [2.75, 3.05) is 0 Å². The molecule has 0 spiro atoms. The molecular weight excluding hydrogens is 286 g/mol. The molecule has 21 heavy (non-hydrogen) atoms. The minimum Gasteiger partial charge on any atom is -0.353 e. The van der Waals surface area contributed by atoms with Gasteiger partial charge in [0.15, 0.2) is 0 Å². The summed E-state index contributed by atoms with van der Waals surface area (Å²) < 4.78 is 1.88. The van der Waals surface area contributed by atoms with Crippen molar-refractivity contribution in [2.45, 2.75) is 38.3 Å². The largest absolute Gasteiger partial charge is 0.353 e. The molecule has 0 atom stereocenters. The van der Waals surface area contributed by atoms with Crippen molar-refractivity contribution >= 4 is 17.5 Å². The number of nitrogens with one attached hydrogen (secondary N) is 1. The first-order chi connectivity index (χ1) is 10.2. The van der Waals surface area contributed by atoms with Crippen LogP contribution < -0.4 is 5.32 Å². The van der Waals surface area contributed by atoms with E-state index in [9.17, 15) is 4.79 Å². The minimum atomic E-state index is 0.155. The molecule has 1 aliphatic carbocycles. The van der Waals surface area contributed by atoms with Crippen LogP contribution in [0.15, 0.2) is 36.7 Å². The van der Waals surface area contributed by atoms with Crippen molar-refractivity contribution in [2.24, 2.45) is 0 Å². The Labute approximate surface area is 129 Å². The summed E-state index contributed by atoms with van der Waals surface area (Å²) in [4.78, 5) is 11.6. The first-order valence-electron chi connectivity index (χ1n) is 7.28. The molecule has 1 aromatic heterocycles. The highest BCUT2D eigenvalue weighted by molar-refractivity contribution is 6.30. The fraction of sp³-hybridized carbons (Fsp3) is 0.375. The van der Waals surface area contributed by atoms with Gasteiger partial charge in [0.1, 0.15) is 0 Å². The molecule has 1 aliphatic rings. The lowest BCUT2D eigenvalue weighted by Crippen LogP contribution is -2.25.